The third-order valence-electron chi connectivity index (χ3n) is 4.18. The molecule has 2 N–H and O–H groups in total. The van der Waals surface area contributed by atoms with Crippen molar-refractivity contribution in [1.82, 2.24) is 20.6 Å². The maximum Gasteiger partial charge on any atom is 0.279 e. The van der Waals surface area contributed by atoms with Gasteiger partial charge in [-0.1, -0.05) is 26.0 Å². The summed E-state index contributed by atoms with van der Waals surface area (Å²) in [5.74, 6) is -1.20. The zero-order valence-electron chi connectivity index (χ0n) is 16.7. The van der Waals surface area contributed by atoms with Gasteiger partial charge in [0.2, 0.25) is 0 Å². The average Bonchev–Trinajstić information content (AvgIpc) is 3.22. The van der Waals surface area contributed by atoms with E-state index in [0.717, 1.165) is 22.5 Å². The Hall–Kier alpha value is -2.94. The normalized spacial score (nSPS) is 12.2. The van der Waals surface area contributed by atoms with Crippen LogP contribution in [-0.2, 0) is 11.3 Å². The molecule has 0 aliphatic carbocycles. The Morgan fingerprint density at radius 1 is 1.24 bits per heavy atom. The highest BCUT2D eigenvalue weighted by Gasteiger charge is 2.20. The Labute approximate surface area is 171 Å². The molecule has 0 aliphatic heterocycles. The number of fused-ring (bicyclic) bond motifs is 1. The molecule has 0 radical (unpaired) electrons. The fourth-order valence-corrected chi connectivity index (χ4v) is 3.83. The minimum absolute atomic E-state index is 0.0313. The number of thiophene rings is 1. The van der Waals surface area contributed by atoms with Gasteiger partial charge in [0.1, 0.15) is 4.83 Å². The van der Waals surface area contributed by atoms with Crippen molar-refractivity contribution in [2.24, 2.45) is 5.92 Å². The number of aryl methyl sites for hydroxylation is 1. The van der Waals surface area contributed by atoms with E-state index in [1.165, 1.54) is 36.5 Å². The number of halogens is 1. The largest absolute Gasteiger partial charge is 0.478 e. The predicted octanol–water partition coefficient (Wildman–Crippen LogP) is 3.43. The van der Waals surface area contributed by atoms with E-state index in [2.05, 4.69) is 29.8 Å². The molecule has 1 aromatic carbocycles. The Balaban J connectivity index is 1.63. The molecule has 0 fully saturated rings. The molecule has 9 heteroatoms. The Kier molecular flexibility index (Phi) is 6.17. The third kappa shape index (κ3) is 4.73. The number of para-hydroxylation sites is 1. The lowest BCUT2D eigenvalue weighted by Gasteiger charge is -2.15. The number of carbonyl (C=O) groups is 2. The summed E-state index contributed by atoms with van der Waals surface area (Å²) in [6, 6.07) is 7.57. The average molecular weight is 418 g/mol. The lowest BCUT2D eigenvalue weighted by atomic mass is 10.2. The second kappa shape index (κ2) is 8.60. The number of carbonyl (C=O) groups excluding carboxylic acids is 2. The number of aromatic nitrogens is 2. The molecule has 0 aliphatic rings. The smallest absolute Gasteiger partial charge is 0.279 e. The Bertz CT molecular complexity index is 1040. The second-order valence-corrected chi connectivity index (χ2v) is 8.16. The van der Waals surface area contributed by atoms with Crippen molar-refractivity contribution in [3.63, 3.8) is 0 Å². The van der Waals surface area contributed by atoms with Crippen LogP contribution in [0.1, 0.15) is 36.1 Å². The molecule has 0 saturated carbocycles. The molecule has 2 aromatic heterocycles. The van der Waals surface area contributed by atoms with Crippen molar-refractivity contribution in [2.45, 2.75) is 40.3 Å². The molecular weight excluding hydrogens is 395 g/mol. The zero-order chi connectivity index (χ0) is 21.1. The molecule has 2 heterocycles. The fourth-order valence-electron chi connectivity index (χ4n) is 2.76. The van der Waals surface area contributed by atoms with Crippen LogP contribution in [0.5, 0.6) is 5.75 Å². The van der Waals surface area contributed by atoms with Crippen LogP contribution < -0.4 is 15.6 Å². The number of benzene rings is 1. The van der Waals surface area contributed by atoms with Crippen molar-refractivity contribution < 1.29 is 18.7 Å². The first-order chi connectivity index (χ1) is 13.8. The minimum Gasteiger partial charge on any atom is -0.478 e. The van der Waals surface area contributed by atoms with Crippen LogP contribution in [0, 0.1) is 18.7 Å². The number of nitrogens with one attached hydrogen (secondary N) is 2. The third-order valence-corrected chi connectivity index (χ3v) is 5.33. The molecule has 1 atom stereocenters. The molecule has 0 spiro atoms. The van der Waals surface area contributed by atoms with Crippen molar-refractivity contribution in [3.05, 3.63) is 46.7 Å². The van der Waals surface area contributed by atoms with Crippen LogP contribution in [0.4, 0.5) is 4.39 Å². The van der Waals surface area contributed by atoms with E-state index in [9.17, 15) is 14.0 Å². The number of amides is 2. The summed E-state index contributed by atoms with van der Waals surface area (Å²) in [7, 11) is 0. The summed E-state index contributed by atoms with van der Waals surface area (Å²) in [4.78, 5) is 26.0. The highest BCUT2D eigenvalue weighted by atomic mass is 32.1. The van der Waals surface area contributed by atoms with Gasteiger partial charge in [-0.05, 0) is 38.0 Å². The first-order valence-corrected chi connectivity index (χ1v) is 10.1. The van der Waals surface area contributed by atoms with E-state index in [-0.39, 0.29) is 5.75 Å². The molecule has 0 bridgehead atoms. The number of ether oxygens (including phenoxy) is 1. The van der Waals surface area contributed by atoms with Crippen molar-refractivity contribution in [3.8, 4) is 5.75 Å². The van der Waals surface area contributed by atoms with Crippen LogP contribution in [0.3, 0.4) is 0 Å². The van der Waals surface area contributed by atoms with E-state index < -0.39 is 23.7 Å². The van der Waals surface area contributed by atoms with E-state index in [0.29, 0.717) is 10.8 Å². The molecular formula is C20H23FN4O3S. The number of nitrogens with zero attached hydrogens (tertiary/aromatic N) is 2. The van der Waals surface area contributed by atoms with Gasteiger partial charge in [-0.25, -0.2) is 4.39 Å². The van der Waals surface area contributed by atoms with Gasteiger partial charge in [-0.15, -0.1) is 11.3 Å². The van der Waals surface area contributed by atoms with Gasteiger partial charge in [-0.2, -0.15) is 5.10 Å². The van der Waals surface area contributed by atoms with Crippen LogP contribution in [0.2, 0.25) is 0 Å². The SMILES string of the molecule is Cc1nn(CC(C)C)c2sc(C(=O)NNC(=O)C(C)Oc3ccccc3F)cc12. The number of hydrogen-bond donors (Lipinski definition) is 2. The van der Waals surface area contributed by atoms with Gasteiger partial charge in [-0.3, -0.25) is 25.1 Å². The molecule has 1 unspecified atom stereocenters. The van der Waals surface area contributed by atoms with Crippen molar-refractivity contribution in [1.29, 1.82) is 0 Å². The Morgan fingerprint density at radius 3 is 2.66 bits per heavy atom. The lowest BCUT2D eigenvalue weighted by Crippen LogP contribution is -2.47. The van der Waals surface area contributed by atoms with Crippen LogP contribution >= 0.6 is 11.3 Å². The number of rotatable bonds is 6. The van der Waals surface area contributed by atoms with Gasteiger partial charge in [0.15, 0.2) is 17.7 Å². The maximum atomic E-state index is 13.6. The van der Waals surface area contributed by atoms with Gasteiger partial charge < -0.3 is 4.74 Å². The maximum absolute atomic E-state index is 13.6. The lowest BCUT2D eigenvalue weighted by molar-refractivity contribution is -0.128. The second-order valence-electron chi connectivity index (χ2n) is 7.12. The van der Waals surface area contributed by atoms with Crippen molar-refractivity contribution >= 4 is 33.4 Å². The first-order valence-electron chi connectivity index (χ1n) is 9.24. The fraction of sp³-hybridized carbons (Fsp3) is 0.350. The molecule has 3 aromatic rings. The zero-order valence-corrected chi connectivity index (χ0v) is 17.5. The summed E-state index contributed by atoms with van der Waals surface area (Å²) in [6.45, 7) is 8.33. The van der Waals surface area contributed by atoms with Crippen LogP contribution in [0.15, 0.2) is 30.3 Å². The van der Waals surface area contributed by atoms with E-state index in [4.69, 9.17) is 4.74 Å². The Morgan fingerprint density at radius 2 is 1.97 bits per heavy atom. The minimum atomic E-state index is -0.989. The monoisotopic (exact) mass is 418 g/mol. The van der Waals surface area contributed by atoms with E-state index in [1.807, 2.05) is 11.6 Å². The van der Waals surface area contributed by atoms with Gasteiger partial charge in [0.05, 0.1) is 10.6 Å². The molecule has 154 valence electrons. The van der Waals surface area contributed by atoms with Crippen LogP contribution in [-0.4, -0.2) is 27.7 Å². The summed E-state index contributed by atoms with van der Waals surface area (Å²) < 4.78 is 20.8. The molecule has 7 nitrogen and oxygen atoms in total. The van der Waals surface area contributed by atoms with Gasteiger partial charge in [0, 0.05) is 11.9 Å². The predicted molar refractivity (Wildman–Crippen MR) is 109 cm³/mol. The molecule has 2 amide bonds. The summed E-state index contributed by atoms with van der Waals surface area (Å²) >= 11 is 1.32. The molecule has 0 saturated heterocycles. The van der Waals surface area contributed by atoms with Gasteiger partial charge >= 0.3 is 0 Å². The van der Waals surface area contributed by atoms with Crippen LogP contribution in [0.25, 0.3) is 10.2 Å². The topological polar surface area (TPSA) is 85.3 Å². The summed E-state index contributed by atoms with van der Waals surface area (Å²) in [5.41, 5.74) is 5.55. The first kappa shape index (κ1) is 20.8. The standard InChI is InChI=1S/C20H23FN4O3S/c1-11(2)10-25-20-14(12(3)24-25)9-17(29-20)19(27)23-22-18(26)13(4)28-16-8-6-5-7-15(16)21/h5-9,11,13H,10H2,1-4H3,(H,22,26)(H,23,27). The summed E-state index contributed by atoms with van der Waals surface area (Å²) in [5, 5.41) is 5.43. The highest BCUT2D eigenvalue weighted by molar-refractivity contribution is 7.20. The number of hydrogen-bond acceptors (Lipinski definition) is 5. The van der Waals surface area contributed by atoms with E-state index >= 15 is 0 Å². The quantitative estimate of drug-likeness (QED) is 0.601. The summed E-state index contributed by atoms with van der Waals surface area (Å²) in [6.07, 6.45) is -0.989. The highest BCUT2D eigenvalue weighted by Crippen LogP contribution is 2.28. The van der Waals surface area contributed by atoms with Gasteiger partial charge in [0.25, 0.3) is 11.8 Å². The van der Waals surface area contributed by atoms with Crippen molar-refractivity contribution in [2.75, 3.05) is 0 Å². The number of hydrazine groups is 1. The van der Waals surface area contributed by atoms with E-state index in [1.54, 1.807) is 12.1 Å². The molecule has 29 heavy (non-hydrogen) atoms. The molecule has 3 rings (SSSR count).